The first-order valence-electron chi connectivity index (χ1n) is 6.59. The second-order valence-corrected chi connectivity index (χ2v) is 5.00. The number of aryl methyl sites for hydroxylation is 1. The fourth-order valence-corrected chi connectivity index (χ4v) is 2.36. The second-order valence-electron chi connectivity index (χ2n) is 5.00. The average Bonchev–Trinajstić information content (AvgIpc) is 2.91. The van der Waals surface area contributed by atoms with E-state index in [1.54, 1.807) is 6.92 Å². The first-order valence-corrected chi connectivity index (χ1v) is 6.59. The Morgan fingerprint density at radius 2 is 2.19 bits per heavy atom. The van der Waals surface area contributed by atoms with E-state index in [2.05, 4.69) is 10.6 Å². The van der Waals surface area contributed by atoms with Crippen LogP contribution in [0.1, 0.15) is 13.3 Å². The third-order valence-electron chi connectivity index (χ3n) is 3.71. The van der Waals surface area contributed by atoms with Gasteiger partial charge in [-0.1, -0.05) is 0 Å². The highest BCUT2D eigenvalue weighted by Gasteiger charge is 2.61. The molecule has 1 saturated heterocycles. The molecule has 0 aliphatic carbocycles. The van der Waals surface area contributed by atoms with Crippen molar-refractivity contribution in [2.75, 3.05) is 18.4 Å². The van der Waals surface area contributed by atoms with Crippen LogP contribution in [0.25, 0.3) is 0 Å². The highest BCUT2D eigenvalue weighted by molar-refractivity contribution is 5.96. The Morgan fingerprint density at radius 1 is 1.48 bits per heavy atom. The molecular weight excluding hydrogens is 287 g/mol. The van der Waals surface area contributed by atoms with E-state index in [9.17, 15) is 22.8 Å². The number of aromatic nitrogens is 1. The zero-order valence-corrected chi connectivity index (χ0v) is 11.5. The number of hydrogen-bond donors (Lipinski definition) is 2. The van der Waals surface area contributed by atoms with E-state index in [0.29, 0.717) is 6.54 Å². The van der Waals surface area contributed by atoms with Gasteiger partial charge in [-0.15, -0.1) is 0 Å². The normalized spacial score (nSPS) is 22.3. The Hall–Kier alpha value is -1.83. The molecule has 1 unspecified atom stereocenters. The molecule has 1 fully saturated rings. The maximum absolute atomic E-state index is 13.2. The molecule has 0 aromatic carbocycles. The summed E-state index contributed by atoms with van der Waals surface area (Å²) in [5, 5.41) is 4.86. The van der Waals surface area contributed by atoms with Gasteiger partial charge in [-0.3, -0.25) is 9.59 Å². The van der Waals surface area contributed by atoms with Gasteiger partial charge in [0, 0.05) is 25.4 Å². The summed E-state index contributed by atoms with van der Waals surface area (Å²) >= 11 is 0. The maximum Gasteiger partial charge on any atom is 0.404 e. The van der Waals surface area contributed by atoms with Crippen LogP contribution in [0.4, 0.5) is 18.9 Å². The molecule has 0 radical (unpaired) electrons. The molecule has 116 valence electrons. The minimum Gasteiger partial charge on any atom is -0.324 e. The molecule has 1 aliphatic rings. The SMILES string of the molecule is CCn1cc(NC(=O)C2(C(F)(F)F)CCNC2)ccc1=O. The first kappa shape index (κ1) is 15.6. The van der Waals surface area contributed by atoms with Gasteiger partial charge in [0.05, 0.1) is 5.69 Å². The minimum atomic E-state index is -4.63. The molecule has 1 aromatic rings. The van der Waals surface area contributed by atoms with Gasteiger partial charge in [-0.25, -0.2) is 0 Å². The zero-order chi connectivity index (χ0) is 15.7. The van der Waals surface area contributed by atoms with Crippen LogP contribution < -0.4 is 16.2 Å². The third kappa shape index (κ3) is 2.80. The van der Waals surface area contributed by atoms with Crippen molar-refractivity contribution in [1.82, 2.24) is 9.88 Å². The van der Waals surface area contributed by atoms with Crippen LogP contribution in [0, 0.1) is 5.41 Å². The summed E-state index contributed by atoms with van der Waals surface area (Å²) in [6.07, 6.45) is -3.58. The standard InChI is InChI=1S/C13H16F3N3O2/c1-2-19-7-9(3-4-10(19)20)18-11(21)12(13(14,15)16)5-6-17-8-12/h3-4,7,17H,2,5-6,8H2,1H3,(H,18,21). The predicted molar refractivity (Wildman–Crippen MR) is 71.0 cm³/mol. The van der Waals surface area contributed by atoms with Gasteiger partial charge < -0.3 is 15.2 Å². The topological polar surface area (TPSA) is 63.1 Å². The average molecular weight is 303 g/mol. The van der Waals surface area contributed by atoms with Crippen LogP contribution in [-0.2, 0) is 11.3 Å². The number of rotatable bonds is 3. The molecule has 0 spiro atoms. The first-order chi connectivity index (χ1) is 9.80. The number of hydrogen-bond acceptors (Lipinski definition) is 3. The van der Waals surface area contributed by atoms with Crippen molar-refractivity contribution >= 4 is 11.6 Å². The van der Waals surface area contributed by atoms with Crippen LogP contribution in [0.2, 0.25) is 0 Å². The largest absolute Gasteiger partial charge is 0.404 e. The molecule has 2 rings (SSSR count). The molecule has 1 aromatic heterocycles. The molecule has 0 saturated carbocycles. The molecule has 21 heavy (non-hydrogen) atoms. The van der Waals surface area contributed by atoms with Crippen molar-refractivity contribution in [3.8, 4) is 0 Å². The lowest BCUT2D eigenvalue weighted by Crippen LogP contribution is -2.49. The Kier molecular flexibility index (Phi) is 4.08. The highest BCUT2D eigenvalue weighted by atomic mass is 19.4. The minimum absolute atomic E-state index is 0.140. The van der Waals surface area contributed by atoms with Gasteiger partial charge in [0.25, 0.3) is 5.56 Å². The predicted octanol–water partition coefficient (Wildman–Crippen LogP) is 1.35. The van der Waals surface area contributed by atoms with Crippen molar-refractivity contribution in [2.45, 2.75) is 26.1 Å². The summed E-state index contributed by atoms with van der Waals surface area (Å²) in [6.45, 7) is 1.80. The van der Waals surface area contributed by atoms with Crippen LogP contribution >= 0.6 is 0 Å². The summed E-state index contributed by atoms with van der Waals surface area (Å²) in [5.74, 6) is -1.10. The van der Waals surface area contributed by atoms with E-state index in [-0.39, 0.29) is 24.2 Å². The number of amides is 1. The molecular formula is C13H16F3N3O2. The van der Waals surface area contributed by atoms with E-state index in [0.717, 1.165) is 0 Å². The molecule has 2 N–H and O–H groups in total. The van der Waals surface area contributed by atoms with Gasteiger partial charge in [-0.05, 0) is 26.0 Å². The molecule has 2 heterocycles. The van der Waals surface area contributed by atoms with Gasteiger partial charge in [0.1, 0.15) is 0 Å². The Labute approximate surface area is 119 Å². The van der Waals surface area contributed by atoms with Gasteiger partial charge >= 0.3 is 6.18 Å². The Bertz CT molecular complexity index is 589. The number of halogens is 3. The number of alkyl halides is 3. The molecule has 8 heteroatoms. The summed E-state index contributed by atoms with van der Waals surface area (Å²) in [6, 6.07) is 2.52. The number of carbonyl (C=O) groups is 1. The molecule has 1 atom stereocenters. The van der Waals surface area contributed by atoms with Gasteiger partial charge in [0.15, 0.2) is 5.41 Å². The fourth-order valence-electron chi connectivity index (χ4n) is 2.36. The van der Waals surface area contributed by atoms with Gasteiger partial charge in [0.2, 0.25) is 5.91 Å². The summed E-state index contributed by atoms with van der Waals surface area (Å²) in [5.41, 5.74) is -2.51. The molecule has 0 bridgehead atoms. The van der Waals surface area contributed by atoms with Crippen molar-refractivity contribution in [3.05, 3.63) is 28.7 Å². The van der Waals surface area contributed by atoms with E-state index in [4.69, 9.17) is 0 Å². The van der Waals surface area contributed by atoms with E-state index in [1.807, 2.05) is 0 Å². The van der Waals surface area contributed by atoms with E-state index < -0.39 is 24.0 Å². The lowest BCUT2D eigenvalue weighted by Gasteiger charge is -2.29. The van der Waals surface area contributed by atoms with Crippen molar-refractivity contribution in [2.24, 2.45) is 5.41 Å². The Balaban J connectivity index is 2.26. The van der Waals surface area contributed by atoms with E-state index in [1.165, 1.54) is 22.9 Å². The molecule has 1 aliphatic heterocycles. The number of nitrogens with zero attached hydrogens (tertiary/aromatic N) is 1. The van der Waals surface area contributed by atoms with Crippen molar-refractivity contribution in [1.29, 1.82) is 0 Å². The maximum atomic E-state index is 13.2. The molecule has 1 amide bonds. The summed E-state index contributed by atoms with van der Waals surface area (Å²) < 4.78 is 41.0. The zero-order valence-electron chi connectivity index (χ0n) is 11.5. The lowest BCUT2D eigenvalue weighted by molar-refractivity contribution is -0.213. The Morgan fingerprint density at radius 3 is 2.71 bits per heavy atom. The summed E-state index contributed by atoms with van der Waals surface area (Å²) in [4.78, 5) is 23.5. The fraction of sp³-hybridized carbons (Fsp3) is 0.538. The number of carbonyl (C=O) groups excluding carboxylic acids is 1. The monoisotopic (exact) mass is 303 g/mol. The highest BCUT2D eigenvalue weighted by Crippen LogP contribution is 2.43. The van der Waals surface area contributed by atoms with Gasteiger partial charge in [-0.2, -0.15) is 13.2 Å². The quantitative estimate of drug-likeness (QED) is 0.886. The smallest absolute Gasteiger partial charge is 0.324 e. The second kappa shape index (κ2) is 5.51. The third-order valence-corrected chi connectivity index (χ3v) is 3.71. The van der Waals surface area contributed by atoms with Crippen molar-refractivity contribution in [3.63, 3.8) is 0 Å². The molecule has 5 nitrogen and oxygen atoms in total. The number of anilines is 1. The number of pyridine rings is 1. The van der Waals surface area contributed by atoms with Crippen LogP contribution in [0.5, 0.6) is 0 Å². The van der Waals surface area contributed by atoms with Crippen LogP contribution in [0.3, 0.4) is 0 Å². The lowest BCUT2D eigenvalue weighted by atomic mass is 9.85. The number of nitrogens with one attached hydrogen (secondary N) is 2. The van der Waals surface area contributed by atoms with Crippen molar-refractivity contribution < 1.29 is 18.0 Å². The summed E-state index contributed by atoms with van der Waals surface area (Å²) in [7, 11) is 0. The van der Waals surface area contributed by atoms with E-state index >= 15 is 0 Å². The van der Waals surface area contributed by atoms with Crippen LogP contribution in [-0.4, -0.2) is 29.7 Å². The van der Waals surface area contributed by atoms with Crippen LogP contribution in [0.15, 0.2) is 23.1 Å².